The molecular weight excluding hydrogens is 306 g/mol. The number of benzene rings is 2. The van der Waals surface area contributed by atoms with E-state index >= 15 is 0 Å². The number of methoxy groups -OCH3 is 1. The largest absolute Gasteiger partial charge is 0.744 e. The van der Waals surface area contributed by atoms with Crippen molar-refractivity contribution in [1.29, 1.82) is 0 Å². The second kappa shape index (κ2) is 6.59. The first-order chi connectivity index (χ1) is 10.4. The Balaban J connectivity index is 1.99. The van der Waals surface area contributed by atoms with Crippen LogP contribution in [-0.4, -0.2) is 26.0 Å². The fourth-order valence-electron chi connectivity index (χ4n) is 1.84. The second-order valence-electron chi connectivity index (χ2n) is 4.55. The predicted molar refractivity (Wildman–Crippen MR) is 79.7 cm³/mol. The maximum absolute atomic E-state index is 11.9. The van der Waals surface area contributed by atoms with Gasteiger partial charge in [-0.25, -0.2) is 8.42 Å². The number of hydrogen-bond acceptors (Lipinski definition) is 5. The SMILES string of the molecule is COc1ccc(CC(=O)Nc2ccc(S(=O)(=O)[O-])cc2)cc1. The van der Waals surface area contributed by atoms with Crippen molar-refractivity contribution in [1.82, 2.24) is 0 Å². The molecule has 0 aliphatic rings. The summed E-state index contributed by atoms with van der Waals surface area (Å²) in [4.78, 5) is 11.6. The van der Waals surface area contributed by atoms with E-state index in [1.165, 1.54) is 12.1 Å². The molecule has 1 N–H and O–H groups in total. The average Bonchev–Trinajstić information content (AvgIpc) is 2.47. The fraction of sp³-hybridized carbons (Fsp3) is 0.133. The van der Waals surface area contributed by atoms with Crippen LogP contribution in [0.2, 0.25) is 0 Å². The van der Waals surface area contributed by atoms with Gasteiger partial charge in [-0.1, -0.05) is 12.1 Å². The molecule has 0 aliphatic carbocycles. The summed E-state index contributed by atoms with van der Waals surface area (Å²) in [6, 6.07) is 12.1. The zero-order valence-electron chi connectivity index (χ0n) is 11.8. The highest BCUT2D eigenvalue weighted by atomic mass is 32.2. The van der Waals surface area contributed by atoms with Crippen LogP contribution in [0, 0.1) is 0 Å². The maximum Gasteiger partial charge on any atom is 0.228 e. The lowest BCUT2D eigenvalue weighted by atomic mass is 10.1. The predicted octanol–water partition coefficient (Wildman–Crippen LogP) is 1.78. The first kappa shape index (κ1) is 16.0. The molecule has 22 heavy (non-hydrogen) atoms. The van der Waals surface area contributed by atoms with Gasteiger partial charge in [0.15, 0.2) is 0 Å². The Kier molecular flexibility index (Phi) is 4.79. The highest BCUT2D eigenvalue weighted by Gasteiger charge is 2.06. The van der Waals surface area contributed by atoms with Crippen molar-refractivity contribution in [3.63, 3.8) is 0 Å². The van der Waals surface area contributed by atoms with Crippen LogP contribution in [0.25, 0.3) is 0 Å². The summed E-state index contributed by atoms with van der Waals surface area (Å²) in [5.41, 5.74) is 1.24. The maximum atomic E-state index is 11.9. The summed E-state index contributed by atoms with van der Waals surface area (Å²) >= 11 is 0. The summed E-state index contributed by atoms with van der Waals surface area (Å²) in [5.74, 6) is 0.460. The van der Waals surface area contributed by atoms with Crippen molar-refractivity contribution in [2.75, 3.05) is 12.4 Å². The van der Waals surface area contributed by atoms with E-state index in [0.717, 1.165) is 17.7 Å². The van der Waals surface area contributed by atoms with Gasteiger partial charge in [0.25, 0.3) is 0 Å². The molecule has 0 aliphatic heterocycles. The third-order valence-corrected chi connectivity index (χ3v) is 3.80. The number of amides is 1. The van der Waals surface area contributed by atoms with Gasteiger partial charge in [-0.15, -0.1) is 0 Å². The molecule has 0 unspecified atom stereocenters. The molecule has 0 saturated carbocycles. The molecule has 0 atom stereocenters. The first-order valence-corrected chi connectivity index (χ1v) is 7.78. The van der Waals surface area contributed by atoms with Crippen molar-refractivity contribution >= 4 is 21.7 Å². The Labute approximate surface area is 128 Å². The summed E-state index contributed by atoms with van der Waals surface area (Å²) in [7, 11) is -2.91. The molecule has 7 heteroatoms. The van der Waals surface area contributed by atoms with Gasteiger partial charge >= 0.3 is 0 Å². The van der Waals surface area contributed by atoms with Crippen LogP contribution in [0.5, 0.6) is 5.75 Å². The van der Waals surface area contributed by atoms with E-state index < -0.39 is 10.1 Å². The first-order valence-electron chi connectivity index (χ1n) is 6.37. The Morgan fingerprint density at radius 2 is 1.68 bits per heavy atom. The second-order valence-corrected chi connectivity index (χ2v) is 5.93. The minimum Gasteiger partial charge on any atom is -0.744 e. The molecule has 2 rings (SSSR count). The molecule has 0 aromatic heterocycles. The average molecular weight is 320 g/mol. The smallest absolute Gasteiger partial charge is 0.228 e. The van der Waals surface area contributed by atoms with Gasteiger partial charge in [-0.05, 0) is 42.0 Å². The molecule has 2 aromatic rings. The lowest BCUT2D eigenvalue weighted by Gasteiger charge is -2.09. The van der Waals surface area contributed by atoms with E-state index in [0.29, 0.717) is 11.4 Å². The number of anilines is 1. The number of carbonyl (C=O) groups is 1. The molecule has 0 heterocycles. The topological polar surface area (TPSA) is 95.5 Å². The van der Waals surface area contributed by atoms with Crippen molar-refractivity contribution < 1.29 is 22.5 Å². The van der Waals surface area contributed by atoms with Crippen LogP contribution >= 0.6 is 0 Å². The lowest BCUT2D eigenvalue weighted by Crippen LogP contribution is -2.14. The van der Waals surface area contributed by atoms with Gasteiger partial charge in [0.05, 0.1) is 18.4 Å². The van der Waals surface area contributed by atoms with Crippen LogP contribution in [-0.2, 0) is 21.3 Å². The van der Waals surface area contributed by atoms with Crippen LogP contribution in [0.4, 0.5) is 5.69 Å². The van der Waals surface area contributed by atoms with E-state index in [9.17, 15) is 17.8 Å². The van der Waals surface area contributed by atoms with Crippen molar-refractivity contribution in [3.05, 3.63) is 54.1 Å². The summed E-state index contributed by atoms with van der Waals surface area (Å²) in [5, 5.41) is 2.63. The van der Waals surface area contributed by atoms with Crippen LogP contribution in [0.1, 0.15) is 5.56 Å². The number of carbonyl (C=O) groups excluding carboxylic acids is 1. The molecule has 0 radical (unpaired) electrons. The molecule has 0 fully saturated rings. The summed E-state index contributed by atoms with van der Waals surface area (Å²) < 4.78 is 37.5. The van der Waals surface area contributed by atoms with Crippen molar-refractivity contribution in [2.45, 2.75) is 11.3 Å². The molecule has 0 bridgehead atoms. The Morgan fingerprint density at radius 1 is 1.09 bits per heavy atom. The molecule has 6 nitrogen and oxygen atoms in total. The highest BCUT2D eigenvalue weighted by molar-refractivity contribution is 7.85. The molecule has 116 valence electrons. The Morgan fingerprint density at radius 3 is 2.18 bits per heavy atom. The third kappa shape index (κ3) is 4.31. The van der Waals surface area contributed by atoms with Crippen LogP contribution in [0.3, 0.4) is 0 Å². The summed E-state index contributed by atoms with van der Waals surface area (Å²) in [6.07, 6.45) is 0.172. The van der Waals surface area contributed by atoms with Gasteiger partial charge in [-0.2, -0.15) is 0 Å². The lowest BCUT2D eigenvalue weighted by molar-refractivity contribution is -0.115. The highest BCUT2D eigenvalue weighted by Crippen LogP contribution is 2.15. The van der Waals surface area contributed by atoms with E-state index in [1.807, 2.05) is 0 Å². The monoisotopic (exact) mass is 320 g/mol. The van der Waals surface area contributed by atoms with Gasteiger partial charge in [0, 0.05) is 5.69 Å². The molecule has 1 amide bonds. The Bertz CT molecular complexity index is 752. The minimum absolute atomic E-state index is 0.172. The van der Waals surface area contributed by atoms with E-state index in [-0.39, 0.29) is 17.2 Å². The summed E-state index contributed by atoms with van der Waals surface area (Å²) in [6.45, 7) is 0. The quantitative estimate of drug-likeness (QED) is 0.847. The standard InChI is InChI=1S/C15H15NO5S/c1-21-13-6-2-11(3-7-13)10-15(17)16-12-4-8-14(9-5-12)22(18,19)20/h2-9H,10H2,1H3,(H,16,17)(H,18,19,20)/p-1. The van der Waals surface area contributed by atoms with E-state index in [4.69, 9.17) is 4.74 Å². The van der Waals surface area contributed by atoms with E-state index in [1.54, 1.807) is 31.4 Å². The normalized spacial score (nSPS) is 11.0. The number of rotatable bonds is 5. The zero-order valence-corrected chi connectivity index (χ0v) is 12.6. The zero-order chi connectivity index (χ0) is 16.2. The fourth-order valence-corrected chi connectivity index (χ4v) is 2.31. The Hall–Kier alpha value is -2.38. The van der Waals surface area contributed by atoms with Gasteiger partial charge in [0.1, 0.15) is 15.9 Å². The molecular formula is C15H14NO5S-. The van der Waals surface area contributed by atoms with Crippen LogP contribution < -0.4 is 10.1 Å². The van der Waals surface area contributed by atoms with Crippen molar-refractivity contribution in [2.24, 2.45) is 0 Å². The molecule has 2 aromatic carbocycles. The van der Waals surface area contributed by atoms with Crippen molar-refractivity contribution in [3.8, 4) is 5.75 Å². The third-order valence-electron chi connectivity index (χ3n) is 2.95. The minimum atomic E-state index is -4.48. The van der Waals surface area contributed by atoms with Gasteiger partial charge < -0.3 is 14.6 Å². The van der Waals surface area contributed by atoms with Gasteiger partial charge in [-0.3, -0.25) is 4.79 Å². The number of nitrogens with one attached hydrogen (secondary N) is 1. The van der Waals surface area contributed by atoms with Gasteiger partial charge in [0.2, 0.25) is 5.91 Å². The van der Waals surface area contributed by atoms with E-state index in [2.05, 4.69) is 5.32 Å². The molecule has 0 saturated heterocycles. The van der Waals surface area contributed by atoms with Crippen LogP contribution in [0.15, 0.2) is 53.4 Å². The number of ether oxygens (including phenoxy) is 1. The number of hydrogen-bond donors (Lipinski definition) is 1. The molecule has 0 spiro atoms.